The fraction of sp³-hybridized carbons (Fsp3) is 0.300. The largest absolute Gasteiger partial charge is 0.465 e. The molecule has 2 rings (SSSR count). The molecule has 166 valence electrons. The van der Waals surface area contributed by atoms with Crippen molar-refractivity contribution in [3.8, 4) is 0 Å². The van der Waals surface area contributed by atoms with E-state index in [0.717, 1.165) is 15.0 Å². The minimum absolute atomic E-state index is 0.0243. The molecule has 0 saturated heterocycles. The van der Waals surface area contributed by atoms with Crippen molar-refractivity contribution in [1.29, 1.82) is 0 Å². The number of likely N-dealkylation sites (N-methyl/N-ethyl adjacent to an activating group) is 1. The topological polar surface area (TPSA) is 121 Å². The third kappa shape index (κ3) is 6.73. The van der Waals surface area contributed by atoms with E-state index in [1.54, 1.807) is 24.3 Å². The molecule has 0 saturated carbocycles. The first kappa shape index (κ1) is 24.2. The van der Waals surface area contributed by atoms with E-state index in [0.29, 0.717) is 5.02 Å². The number of alkyl halides is 1. The molecular weight excluding hydrogens is 447 g/mol. The highest BCUT2D eigenvalue weighted by Crippen LogP contribution is 2.09. The second kappa shape index (κ2) is 11.4. The molecule has 3 N–H and O–H groups in total. The second-order valence-corrected chi connectivity index (χ2v) is 7.36. The smallest absolute Gasteiger partial charge is 0.407 e. The van der Waals surface area contributed by atoms with E-state index in [1.807, 2.05) is 0 Å². The monoisotopic (exact) mass is 468 g/mol. The number of nitrogens with zero attached hydrogens (tertiary/aromatic N) is 2. The van der Waals surface area contributed by atoms with E-state index < -0.39 is 23.5 Å². The lowest BCUT2D eigenvalue weighted by atomic mass is 10.2. The minimum atomic E-state index is -1.12. The Balaban J connectivity index is 2.14. The van der Waals surface area contributed by atoms with Gasteiger partial charge in [-0.15, -0.1) is 11.6 Å². The predicted octanol–water partition coefficient (Wildman–Crippen LogP) is 2.01. The van der Waals surface area contributed by atoms with Crippen molar-refractivity contribution >= 4 is 41.1 Å². The van der Waals surface area contributed by atoms with Crippen molar-refractivity contribution < 1.29 is 19.5 Å². The highest BCUT2D eigenvalue weighted by molar-refractivity contribution is 6.30. The van der Waals surface area contributed by atoms with Crippen molar-refractivity contribution in [3.63, 3.8) is 0 Å². The Kier molecular flexibility index (Phi) is 8.89. The van der Waals surface area contributed by atoms with Crippen LogP contribution in [-0.2, 0) is 13.1 Å². The molecule has 11 heteroatoms. The fourth-order valence-electron chi connectivity index (χ4n) is 2.66. The molecule has 3 amide bonds. The number of aromatic nitrogens is 1. The molecule has 0 radical (unpaired) electrons. The average Bonchev–Trinajstić information content (AvgIpc) is 2.74. The third-order valence-electron chi connectivity index (χ3n) is 4.39. The first-order chi connectivity index (χ1) is 14.7. The van der Waals surface area contributed by atoms with Crippen LogP contribution in [0.25, 0.3) is 0 Å². The van der Waals surface area contributed by atoms with Gasteiger partial charge < -0.3 is 25.2 Å². The standard InChI is InChI=1S/C20H22Cl2N4O5/c1-25(20(30)31)11-9-23-18(28)16-7-6-15(19(29)26(16)10-8-21)17(27)24-12-13-2-4-14(22)5-3-13/h2-7H,8-12H2,1H3,(H,23,28)(H,24,27)(H,30,31). The normalized spacial score (nSPS) is 10.4. The number of halogens is 2. The number of amides is 3. The zero-order valence-corrected chi connectivity index (χ0v) is 18.2. The van der Waals surface area contributed by atoms with Crippen molar-refractivity contribution in [1.82, 2.24) is 20.1 Å². The number of benzene rings is 1. The van der Waals surface area contributed by atoms with Crippen LogP contribution >= 0.6 is 23.2 Å². The van der Waals surface area contributed by atoms with Gasteiger partial charge in [-0.05, 0) is 29.8 Å². The van der Waals surface area contributed by atoms with Crippen LogP contribution in [0.1, 0.15) is 26.4 Å². The molecule has 0 aliphatic heterocycles. The molecule has 0 bridgehead atoms. The van der Waals surface area contributed by atoms with Crippen LogP contribution in [0.15, 0.2) is 41.2 Å². The Labute approximate surface area is 188 Å². The van der Waals surface area contributed by atoms with Crippen LogP contribution in [0.5, 0.6) is 0 Å². The van der Waals surface area contributed by atoms with Crippen LogP contribution in [0, 0.1) is 0 Å². The van der Waals surface area contributed by atoms with E-state index in [-0.39, 0.29) is 43.3 Å². The maximum absolute atomic E-state index is 12.8. The molecule has 0 fully saturated rings. The predicted molar refractivity (Wildman–Crippen MR) is 117 cm³/mol. The van der Waals surface area contributed by atoms with Crippen molar-refractivity contribution in [2.45, 2.75) is 13.1 Å². The third-order valence-corrected chi connectivity index (χ3v) is 4.81. The molecule has 0 atom stereocenters. The molecule has 1 heterocycles. The van der Waals surface area contributed by atoms with E-state index in [9.17, 15) is 19.2 Å². The van der Waals surface area contributed by atoms with Gasteiger partial charge in [-0.25, -0.2) is 4.79 Å². The summed E-state index contributed by atoms with van der Waals surface area (Å²) in [6.45, 7) is 0.354. The molecule has 1 aromatic heterocycles. The summed E-state index contributed by atoms with van der Waals surface area (Å²) in [5.41, 5.74) is 0.0600. The first-order valence-corrected chi connectivity index (χ1v) is 10.2. The molecule has 0 unspecified atom stereocenters. The summed E-state index contributed by atoms with van der Waals surface area (Å²) < 4.78 is 1.13. The highest BCUT2D eigenvalue weighted by Gasteiger charge is 2.18. The summed E-state index contributed by atoms with van der Waals surface area (Å²) in [5, 5.41) is 14.6. The maximum atomic E-state index is 12.8. The summed E-state index contributed by atoms with van der Waals surface area (Å²) in [5.74, 6) is -1.11. The van der Waals surface area contributed by atoms with Gasteiger partial charge in [0, 0.05) is 44.1 Å². The Morgan fingerprint density at radius 3 is 2.35 bits per heavy atom. The molecule has 31 heavy (non-hydrogen) atoms. The summed E-state index contributed by atoms with van der Waals surface area (Å²) in [6.07, 6.45) is -1.12. The van der Waals surface area contributed by atoms with Crippen LogP contribution in [0.3, 0.4) is 0 Å². The minimum Gasteiger partial charge on any atom is -0.465 e. The number of hydrogen-bond acceptors (Lipinski definition) is 4. The number of pyridine rings is 1. The number of rotatable bonds is 9. The van der Waals surface area contributed by atoms with Crippen molar-refractivity contribution in [2.75, 3.05) is 26.0 Å². The molecule has 0 spiro atoms. The van der Waals surface area contributed by atoms with Gasteiger partial charge in [0.25, 0.3) is 17.4 Å². The second-order valence-electron chi connectivity index (χ2n) is 6.55. The summed E-state index contributed by atoms with van der Waals surface area (Å²) >= 11 is 11.6. The van der Waals surface area contributed by atoms with Gasteiger partial charge in [-0.3, -0.25) is 14.4 Å². The summed E-state index contributed by atoms with van der Waals surface area (Å²) in [4.78, 5) is 49.6. The van der Waals surface area contributed by atoms with Gasteiger partial charge in [0.2, 0.25) is 0 Å². The molecular formula is C20H22Cl2N4O5. The maximum Gasteiger partial charge on any atom is 0.407 e. The fourth-order valence-corrected chi connectivity index (χ4v) is 2.95. The van der Waals surface area contributed by atoms with E-state index in [1.165, 1.54) is 19.2 Å². The van der Waals surface area contributed by atoms with Gasteiger partial charge in [-0.1, -0.05) is 23.7 Å². The molecule has 9 nitrogen and oxygen atoms in total. The van der Waals surface area contributed by atoms with E-state index in [2.05, 4.69) is 10.6 Å². The number of carboxylic acid groups (broad SMARTS) is 1. The number of nitrogens with one attached hydrogen (secondary N) is 2. The van der Waals surface area contributed by atoms with Gasteiger partial charge in [0.05, 0.1) is 0 Å². The summed E-state index contributed by atoms with van der Waals surface area (Å²) in [7, 11) is 1.37. The zero-order valence-electron chi connectivity index (χ0n) is 16.7. The molecule has 2 aromatic rings. The molecule has 1 aromatic carbocycles. The van der Waals surface area contributed by atoms with Crippen molar-refractivity contribution in [2.24, 2.45) is 0 Å². The van der Waals surface area contributed by atoms with E-state index in [4.69, 9.17) is 28.3 Å². The van der Waals surface area contributed by atoms with Gasteiger partial charge in [0.1, 0.15) is 11.3 Å². The number of hydrogen-bond donors (Lipinski definition) is 3. The highest BCUT2D eigenvalue weighted by atomic mass is 35.5. The Hall–Kier alpha value is -3.04. The zero-order chi connectivity index (χ0) is 23.0. The van der Waals surface area contributed by atoms with Crippen molar-refractivity contribution in [3.05, 3.63) is 68.6 Å². The molecule has 0 aliphatic carbocycles. The van der Waals surface area contributed by atoms with Crippen LogP contribution in [-0.4, -0.2) is 58.5 Å². The van der Waals surface area contributed by atoms with Crippen LogP contribution < -0.4 is 16.2 Å². The van der Waals surface area contributed by atoms with Gasteiger partial charge in [-0.2, -0.15) is 0 Å². The molecule has 0 aliphatic rings. The SMILES string of the molecule is CN(CCNC(=O)c1ccc(C(=O)NCc2ccc(Cl)cc2)c(=O)n1CCCl)C(=O)O. The lowest BCUT2D eigenvalue weighted by Gasteiger charge is -2.16. The Morgan fingerprint density at radius 1 is 1.06 bits per heavy atom. The van der Waals surface area contributed by atoms with Gasteiger partial charge in [0.15, 0.2) is 0 Å². The number of carbonyl (C=O) groups is 3. The lowest BCUT2D eigenvalue weighted by molar-refractivity contribution is 0.0926. The summed E-state index contributed by atoms with van der Waals surface area (Å²) in [6, 6.07) is 9.54. The van der Waals surface area contributed by atoms with E-state index >= 15 is 0 Å². The quantitative estimate of drug-likeness (QED) is 0.486. The Morgan fingerprint density at radius 2 is 1.74 bits per heavy atom. The lowest BCUT2D eigenvalue weighted by Crippen LogP contribution is -2.39. The Bertz CT molecular complexity index is 1010. The van der Waals surface area contributed by atoms with Crippen LogP contribution in [0.2, 0.25) is 5.02 Å². The van der Waals surface area contributed by atoms with Crippen LogP contribution in [0.4, 0.5) is 4.79 Å². The first-order valence-electron chi connectivity index (χ1n) is 9.29. The number of carbonyl (C=O) groups excluding carboxylic acids is 2. The van der Waals surface area contributed by atoms with Gasteiger partial charge >= 0.3 is 6.09 Å². The average molecular weight is 469 g/mol.